The van der Waals surface area contributed by atoms with Crippen LogP contribution in [0.5, 0.6) is 5.75 Å². The van der Waals surface area contributed by atoms with Gasteiger partial charge in [-0.25, -0.2) is 4.39 Å². The number of nitrogens with one attached hydrogen (secondary N) is 2. The number of amides is 2. The summed E-state index contributed by atoms with van der Waals surface area (Å²) in [5, 5.41) is 19.6. The number of nitrogens with two attached hydrogens (primary N) is 1. The highest BCUT2D eigenvalue weighted by atomic mass is 19.1. The van der Waals surface area contributed by atoms with Crippen molar-refractivity contribution in [2.24, 2.45) is 5.73 Å². The molecule has 180 valence electrons. The third-order valence-corrected chi connectivity index (χ3v) is 5.80. The van der Waals surface area contributed by atoms with E-state index in [-0.39, 0.29) is 25.3 Å². The molecule has 0 radical (unpaired) electrons. The number of rotatable bonds is 11. The molecule has 0 aromatic heterocycles. The lowest BCUT2D eigenvalue weighted by Crippen LogP contribution is -2.60. The van der Waals surface area contributed by atoms with Crippen LogP contribution in [-0.2, 0) is 19.9 Å². The Balaban J connectivity index is 1.77. The maximum absolute atomic E-state index is 14.1. The second kappa shape index (κ2) is 10.8. The number of piperazine rings is 1. The molecule has 1 atom stereocenters. The van der Waals surface area contributed by atoms with E-state index >= 15 is 0 Å². The number of aliphatic carboxylic acids is 1. The average Bonchev–Trinajstić information content (AvgIpc) is 2.80. The first-order chi connectivity index (χ1) is 16.2. The van der Waals surface area contributed by atoms with Crippen molar-refractivity contribution < 1.29 is 28.6 Å². The quantitative estimate of drug-likeness (QED) is 0.171. The Hall–Kier alpha value is -3.95. The zero-order chi connectivity index (χ0) is 24.7. The normalized spacial score (nSPS) is 15.4. The molecule has 3 rings (SSSR count). The lowest BCUT2D eigenvalue weighted by molar-refractivity contribution is -0.157. The van der Waals surface area contributed by atoms with Gasteiger partial charge in [0.2, 0.25) is 0 Å². The number of carbonyl (C=O) groups excluding carboxylic acids is 2. The van der Waals surface area contributed by atoms with Crippen LogP contribution >= 0.6 is 0 Å². The SMILES string of the molecule is N=C(N)c1ccc(OCCCCC(CC(=O)O)(c2cccc(F)c2)N2CCNC(=O)C2=O)cc1. The van der Waals surface area contributed by atoms with Gasteiger partial charge in [0.1, 0.15) is 17.4 Å². The summed E-state index contributed by atoms with van der Waals surface area (Å²) in [6.45, 7) is 0.619. The maximum Gasteiger partial charge on any atom is 0.312 e. The number of amidine groups is 1. The summed E-state index contributed by atoms with van der Waals surface area (Å²) in [4.78, 5) is 37.9. The van der Waals surface area contributed by atoms with Crippen molar-refractivity contribution in [3.63, 3.8) is 0 Å². The molecule has 10 heteroatoms. The van der Waals surface area contributed by atoms with Gasteiger partial charge in [0.05, 0.1) is 18.6 Å². The van der Waals surface area contributed by atoms with Crippen LogP contribution in [0.1, 0.15) is 36.8 Å². The smallest absolute Gasteiger partial charge is 0.312 e. The summed E-state index contributed by atoms with van der Waals surface area (Å²) in [7, 11) is 0. The van der Waals surface area contributed by atoms with Gasteiger partial charge in [-0.15, -0.1) is 0 Å². The third-order valence-electron chi connectivity index (χ3n) is 5.80. The molecule has 34 heavy (non-hydrogen) atoms. The Morgan fingerprint density at radius 2 is 1.94 bits per heavy atom. The number of hydrogen-bond donors (Lipinski definition) is 4. The number of nitrogens with zero attached hydrogens (tertiary/aromatic N) is 1. The van der Waals surface area contributed by atoms with E-state index in [4.69, 9.17) is 15.9 Å². The van der Waals surface area contributed by atoms with Gasteiger partial charge >= 0.3 is 17.8 Å². The van der Waals surface area contributed by atoms with E-state index in [0.29, 0.717) is 36.3 Å². The van der Waals surface area contributed by atoms with Crippen LogP contribution in [0.25, 0.3) is 0 Å². The van der Waals surface area contributed by atoms with Crippen molar-refractivity contribution in [2.45, 2.75) is 31.2 Å². The molecule has 1 saturated heterocycles. The Kier molecular flexibility index (Phi) is 7.83. The number of ether oxygens (including phenoxy) is 1. The lowest BCUT2D eigenvalue weighted by Gasteiger charge is -2.45. The molecule has 1 unspecified atom stereocenters. The van der Waals surface area contributed by atoms with E-state index in [1.807, 2.05) is 0 Å². The predicted octanol–water partition coefficient (Wildman–Crippen LogP) is 1.99. The van der Waals surface area contributed by atoms with Gasteiger partial charge in [0.25, 0.3) is 0 Å². The van der Waals surface area contributed by atoms with Crippen molar-refractivity contribution in [3.8, 4) is 5.75 Å². The van der Waals surface area contributed by atoms with E-state index in [2.05, 4.69) is 5.32 Å². The van der Waals surface area contributed by atoms with Crippen LogP contribution in [0.2, 0.25) is 0 Å². The molecule has 2 amide bonds. The Morgan fingerprint density at radius 3 is 2.59 bits per heavy atom. The molecule has 0 bridgehead atoms. The molecule has 5 N–H and O–H groups in total. The summed E-state index contributed by atoms with van der Waals surface area (Å²) in [6.07, 6.45) is 0.720. The molecule has 1 heterocycles. The highest BCUT2D eigenvalue weighted by Crippen LogP contribution is 2.38. The van der Waals surface area contributed by atoms with Crippen LogP contribution in [0.4, 0.5) is 4.39 Å². The molecule has 1 aliphatic heterocycles. The highest BCUT2D eigenvalue weighted by molar-refractivity contribution is 6.35. The average molecular weight is 471 g/mol. The topological polar surface area (TPSA) is 146 Å². The molecule has 2 aromatic rings. The largest absolute Gasteiger partial charge is 0.494 e. The van der Waals surface area contributed by atoms with Gasteiger partial charge in [0, 0.05) is 18.7 Å². The third kappa shape index (κ3) is 5.69. The maximum atomic E-state index is 14.1. The van der Waals surface area contributed by atoms with E-state index in [1.165, 1.54) is 23.1 Å². The van der Waals surface area contributed by atoms with Gasteiger partial charge in [-0.2, -0.15) is 0 Å². The first-order valence-electron chi connectivity index (χ1n) is 10.9. The Morgan fingerprint density at radius 1 is 1.21 bits per heavy atom. The molecule has 0 saturated carbocycles. The first kappa shape index (κ1) is 24.7. The Labute approximate surface area is 196 Å². The molecular weight excluding hydrogens is 443 g/mol. The number of halogens is 1. The fraction of sp³-hybridized carbons (Fsp3) is 0.333. The van der Waals surface area contributed by atoms with Crippen molar-refractivity contribution in [3.05, 3.63) is 65.5 Å². The highest BCUT2D eigenvalue weighted by Gasteiger charge is 2.46. The van der Waals surface area contributed by atoms with Crippen LogP contribution in [0, 0.1) is 11.2 Å². The van der Waals surface area contributed by atoms with Gasteiger partial charge in [0.15, 0.2) is 0 Å². The summed E-state index contributed by atoms with van der Waals surface area (Å²) >= 11 is 0. The summed E-state index contributed by atoms with van der Waals surface area (Å²) in [5.74, 6) is -2.81. The summed E-state index contributed by atoms with van der Waals surface area (Å²) in [6, 6.07) is 12.2. The molecule has 9 nitrogen and oxygen atoms in total. The number of carboxylic acids is 1. The Bertz CT molecular complexity index is 1080. The van der Waals surface area contributed by atoms with Crippen LogP contribution < -0.4 is 15.8 Å². The monoisotopic (exact) mass is 470 g/mol. The number of nitrogen functional groups attached to an aromatic ring is 1. The summed E-state index contributed by atoms with van der Waals surface area (Å²) in [5.41, 5.74) is 4.97. The van der Waals surface area contributed by atoms with Gasteiger partial charge in [-0.1, -0.05) is 12.1 Å². The zero-order valence-corrected chi connectivity index (χ0v) is 18.6. The minimum absolute atomic E-state index is 0.0420. The molecule has 2 aromatic carbocycles. The van der Waals surface area contributed by atoms with Gasteiger partial charge < -0.3 is 25.8 Å². The summed E-state index contributed by atoms with van der Waals surface area (Å²) < 4.78 is 19.8. The van der Waals surface area contributed by atoms with Gasteiger partial charge in [-0.3, -0.25) is 19.8 Å². The molecule has 0 aliphatic carbocycles. The minimum atomic E-state index is -1.38. The fourth-order valence-electron chi connectivity index (χ4n) is 4.18. The van der Waals surface area contributed by atoms with Crippen molar-refractivity contribution >= 4 is 23.6 Å². The van der Waals surface area contributed by atoms with Crippen LogP contribution in [-0.4, -0.2) is 53.3 Å². The number of unbranched alkanes of at least 4 members (excludes halogenated alkanes) is 1. The van der Waals surface area contributed by atoms with Crippen molar-refractivity contribution in [2.75, 3.05) is 19.7 Å². The van der Waals surface area contributed by atoms with Crippen LogP contribution in [0.15, 0.2) is 48.5 Å². The second-order valence-corrected chi connectivity index (χ2v) is 8.07. The number of carbonyl (C=O) groups is 3. The zero-order valence-electron chi connectivity index (χ0n) is 18.6. The molecule has 1 aliphatic rings. The fourth-order valence-corrected chi connectivity index (χ4v) is 4.18. The van der Waals surface area contributed by atoms with Crippen molar-refractivity contribution in [1.29, 1.82) is 5.41 Å². The van der Waals surface area contributed by atoms with Crippen molar-refractivity contribution in [1.82, 2.24) is 10.2 Å². The number of hydrogen-bond acceptors (Lipinski definition) is 5. The van der Waals surface area contributed by atoms with E-state index < -0.39 is 35.6 Å². The molecule has 0 spiro atoms. The van der Waals surface area contributed by atoms with E-state index in [1.54, 1.807) is 30.3 Å². The first-order valence-corrected chi connectivity index (χ1v) is 10.9. The number of benzene rings is 2. The lowest BCUT2D eigenvalue weighted by atomic mass is 9.79. The van der Waals surface area contributed by atoms with E-state index in [0.717, 1.165) is 0 Å². The minimum Gasteiger partial charge on any atom is -0.494 e. The van der Waals surface area contributed by atoms with E-state index in [9.17, 15) is 23.9 Å². The standard InChI is InChI=1S/C24H27FN4O5/c25-18-5-3-4-17(14-18)24(15-20(30)31,29-12-11-28-22(32)23(29)33)10-1-2-13-34-19-8-6-16(7-9-19)21(26)27/h3-9,14H,1-2,10-13,15H2,(H3,26,27)(H,28,32)(H,30,31). The second-order valence-electron chi connectivity index (χ2n) is 8.07. The van der Waals surface area contributed by atoms with Crippen LogP contribution in [0.3, 0.4) is 0 Å². The molecule has 1 fully saturated rings. The molecular formula is C24H27FN4O5. The predicted molar refractivity (Wildman–Crippen MR) is 122 cm³/mol. The van der Waals surface area contributed by atoms with Gasteiger partial charge in [-0.05, 0) is 61.2 Å². The number of carboxylic acid groups (broad SMARTS) is 1.